The molecule has 1 aromatic carbocycles. The summed E-state index contributed by atoms with van der Waals surface area (Å²) in [7, 11) is 0. The molecule has 0 aliphatic carbocycles. The van der Waals surface area contributed by atoms with Crippen LogP contribution in [-0.4, -0.2) is 43.1 Å². The Hall–Kier alpha value is -2.77. The van der Waals surface area contributed by atoms with E-state index in [4.69, 9.17) is 0 Å². The molecule has 1 N–H and O–H groups in total. The molecule has 31 heavy (non-hydrogen) atoms. The Labute approximate surface area is 180 Å². The minimum absolute atomic E-state index is 0.000917. The van der Waals surface area contributed by atoms with E-state index in [0.717, 1.165) is 68.8 Å². The average Bonchev–Trinajstić information content (AvgIpc) is 3.26. The van der Waals surface area contributed by atoms with E-state index in [1.54, 1.807) is 12.4 Å². The van der Waals surface area contributed by atoms with Crippen LogP contribution in [0.15, 0.2) is 48.8 Å². The number of carbonyl (C=O) groups is 1. The Bertz CT molecular complexity index is 865. The van der Waals surface area contributed by atoms with Gasteiger partial charge in [-0.2, -0.15) is 13.2 Å². The van der Waals surface area contributed by atoms with Crippen molar-refractivity contribution in [1.29, 1.82) is 0 Å². The minimum Gasteiger partial charge on any atom is -0.371 e. The van der Waals surface area contributed by atoms with Crippen LogP contribution >= 0.6 is 0 Å². The van der Waals surface area contributed by atoms with E-state index in [1.165, 1.54) is 12.1 Å². The van der Waals surface area contributed by atoms with Gasteiger partial charge in [-0.25, -0.2) is 0 Å². The van der Waals surface area contributed by atoms with Gasteiger partial charge in [-0.05, 0) is 62.1 Å². The third-order valence-corrected chi connectivity index (χ3v) is 6.31. The van der Waals surface area contributed by atoms with Crippen molar-refractivity contribution >= 4 is 17.3 Å². The topological polar surface area (TPSA) is 48.5 Å². The number of alkyl halides is 3. The second-order valence-electron chi connectivity index (χ2n) is 8.25. The van der Waals surface area contributed by atoms with Crippen molar-refractivity contribution in [3.63, 3.8) is 0 Å². The Morgan fingerprint density at radius 3 is 2.29 bits per heavy atom. The molecule has 0 bridgehead atoms. The number of hydrogen-bond acceptors (Lipinski definition) is 4. The van der Waals surface area contributed by atoms with Gasteiger partial charge in [-0.3, -0.25) is 9.78 Å². The highest BCUT2D eigenvalue weighted by Crippen LogP contribution is 2.32. The number of anilines is 2. The molecule has 2 fully saturated rings. The van der Waals surface area contributed by atoms with Crippen LogP contribution in [0.4, 0.5) is 24.5 Å². The van der Waals surface area contributed by atoms with E-state index in [2.05, 4.69) is 20.1 Å². The van der Waals surface area contributed by atoms with Gasteiger partial charge < -0.3 is 15.1 Å². The van der Waals surface area contributed by atoms with Gasteiger partial charge in [0.1, 0.15) is 0 Å². The van der Waals surface area contributed by atoms with Gasteiger partial charge in [0.15, 0.2) is 0 Å². The third kappa shape index (κ3) is 5.11. The summed E-state index contributed by atoms with van der Waals surface area (Å²) in [5.41, 5.74) is 1.26. The van der Waals surface area contributed by atoms with E-state index in [-0.39, 0.29) is 17.9 Å². The van der Waals surface area contributed by atoms with E-state index < -0.39 is 11.7 Å². The van der Waals surface area contributed by atoms with Crippen molar-refractivity contribution in [1.82, 2.24) is 10.3 Å². The fraction of sp³-hybridized carbons (Fsp3) is 0.478. The predicted octanol–water partition coefficient (Wildman–Crippen LogP) is 4.10. The van der Waals surface area contributed by atoms with Crippen LogP contribution in [-0.2, 0) is 11.0 Å². The van der Waals surface area contributed by atoms with Crippen LogP contribution in [0.3, 0.4) is 0 Å². The standard InChI is InChI=1S/C23H27F3N4O/c24-23(25,26)18-3-5-20(6-4-18)30-13-1-2-21(30)16-28-22(31)17-9-14-29(15-10-17)19-7-11-27-12-8-19/h3-8,11-12,17,21H,1-2,9-10,13-16H2,(H,28,31)/t21-/m1/s1. The molecule has 3 heterocycles. The van der Waals surface area contributed by atoms with Crippen molar-refractivity contribution in [2.24, 2.45) is 5.92 Å². The quantitative estimate of drug-likeness (QED) is 0.773. The number of nitrogens with zero attached hydrogens (tertiary/aromatic N) is 3. The van der Waals surface area contributed by atoms with Crippen LogP contribution in [0, 0.1) is 5.92 Å². The second kappa shape index (κ2) is 9.16. The number of benzene rings is 1. The highest BCUT2D eigenvalue weighted by molar-refractivity contribution is 5.79. The molecule has 0 saturated carbocycles. The first-order valence-electron chi connectivity index (χ1n) is 10.8. The van der Waals surface area contributed by atoms with Crippen LogP contribution < -0.4 is 15.1 Å². The van der Waals surface area contributed by atoms with Crippen LogP contribution in [0.1, 0.15) is 31.2 Å². The smallest absolute Gasteiger partial charge is 0.371 e. The number of carbonyl (C=O) groups excluding carboxylic acids is 1. The molecule has 2 aliphatic rings. The molecule has 0 radical (unpaired) electrons. The lowest BCUT2D eigenvalue weighted by Gasteiger charge is -2.33. The Morgan fingerprint density at radius 2 is 1.65 bits per heavy atom. The lowest BCUT2D eigenvalue weighted by atomic mass is 9.95. The van der Waals surface area contributed by atoms with Gasteiger partial charge >= 0.3 is 6.18 Å². The van der Waals surface area contributed by atoms with Crippen molar-refractivity contribution in [3.8, 4) is 0 Å². The van der Waals surface area contributed by atoms with E-state index in [0.29, 0.717) is 6.54 Å². The van der Waals surface area contributed by atoms with E-state index in [1.807, 2.05) is 12.1 Å². The van der Waals surface area contributed by atoms with Crippen molar-refractivity contribution < 1.29 is 18.0 Å². The molecule has 0 spiro atoms. The molecule has 1 amide bonds. The van der Waals surface area contributed by atoms with Crippen molar-refractivity contribution in [3.05, 3.63) is 54.4 Å². The number of nitrogens with one attached hydrogen (secondary N) is 1. The summed E-state index contributed by atoms with van der Waals surface area (Å²) in [6, 6.07) is 9.37. The highest BCUT2D eigenvalue weighted by Gasteiger charge is 2.32. The number of aromatic nitrogens is 1. The first kappa shape index (κ1) is 21.5. The van der Waals surface area contributed by atoms with Crippen molar-refractivity contribution in [2.75, 3.05) is 36.0 Å². The summed E-state index contributed by atoms with van der Waals surface area (Å²) in [5.74, 6) is 0.0765. The molecule has 8 heteroatoms. The van der Waals surface area contributed by atoms with Gasteiger partial charge in [0.25, 0.3) is 0 Å². The van der Waals surface area contributed by atoms with Gasteiger partial charge in [0.2, 0.25) is 5.91 Å². The van der Waals surface area contributed by atoms with E-state index in [9.17, 15) is 18.0 Å². The normalized spacial score (nSPS) is 20.2. The molecular weight excluding hydrogens is 405 g/mol. The summed E-state index contributed by atoms with van der Waals surface area (Å²) in [6.45, 7) is 2.98. The first-order valence-corrected chi connectivity index (χ1v) is 10.8. The molecule has 4 rings (SSSR count). The highest BCUT2D eigenvalue weighted by atomic mass is 19.4. The van der Waals surface area contributed by atoms with E-state index >= 15 is 0 Å². The largest absolute Gasteiger partial charge is 0.416 e. The Balaban J connectivity index is 1.28. The van der Waals surface area contributed by atoms with Gasteiger partial charge in [-0.15, -0.1) is 0 Å². The zero-order chi connectivity index (χ0) is 21.8. The molecule has 2 aliphatic heterocycles. The molecule has 5 nitrogen and oxygen atoms in total. The lowest BCUT2D eigenvalue weighted by Crippen LogP contribution is -2.45. The summed E-state index contributed by atoms with van der Waals surface area (Å²) >= 11 is 0. The molecule has 0 unspecified atom stereocenters. The molecule has 166 valence electrons. The van der Waals surface area contributed by atoms with Crippen LogP contribution in [0.2, 0.25) is 0 Å². The number of amides is 1. The molecular formula is C23H27F3N4O. The zero-order valence-corrected chi connectivity index (χ0v) is 17.3. The van der Waals surface area contributed by atoms with Crippen LogP contribution in [0.5, 0.6) is 0 Å². The second-order valence-corrected chi connectivity index (χ2v) is 8.25. The maximum atomic E-state index is 12.8. The summed E-state index contributed by atoms with van der Waals surface area (Å²) in [6.07, 6.45) is 2.72. The average molecular weight is 432 g/mol. The fourth-order valence-electron chi connectivity index (χ4n) is 4.55. The maximum Gasteiger partial charge on any atom is 0.416 e. The number of halogens is 3. The lowest BCUT2D eigenvalue weighted by molar-refractivity contribution is -0.137. The van der Waals surface area contributed by atoms with Crippen LogP contribution in [0.25, 0.3) is 0 Å². The van der Waals surface area contributed by atoms with Gasteiger partial charge in [-0.1, -0.05) is 0 Å². The van der Waals surface area contributed by atoms with Crippen molar-refractivity contribution in [2.45, 2.75) is 37.9 Å². The zero-order valence-electron chi connectivity index (χ0n) is 17.3. The minimum atomic E-state index is -4.33. The Morgan fingerprint density at radius 1 is 0.968 bits per heavy atom. The summed E-state index contributed by atoms with van der Waals surface area (Å²) < 4.78 is 38.4. The first-order chi connectivity index (χ1) is 14.9. The SMILES string of the molecule is O=C(NC[C@H]1CCCN1c1ccc(C(F)(F)F)cc1)C1CCN(c2ccncc2)CC1. The summed E-state index contributed by atoms with van der Waals surface area (Å²) in [5, 5.41) is 3.10. The summed E-state index contributed by atoms with van der Waals surface area (Å²) in [4.78, 5) is 21.1. The van der Waals surface area contributed by atoms with Gasteiger partial charge in [0.05, 0.1) is 5.56 Å². The fourth-order valence-corrected chi connectivity index (χ4v) is 4.55. The number of pyridine rings is 1. The predicted molar refractivity (Wildman–Crippen MR) is 114 cm³/mol. The molecule has 2 aromatic rings. The number of hydrogen-bond donors (Lipinski definition) is 1. The number of rotatable bonds is 5. The number of piperidine rings is 1. The Kier molecular flexibility index (Phi) is 6.34. The monoisotopic (exact) mass is 432 g/mol. The maximum absolute atomic E-state index is 12.8. The molecule has 2 saturated heterocycles. The third-order valence-electron chi connectivity index (χ3n) is 6.31. The van der Waals surface area contributed by atoms with Gasteiger partial charge in [0, 0.05) is 61.9 Å². The molecule has 1 aromatic heterocycles. The molecule has 1 atom stereocenters.